The summed E-state index contributed by atoms with van der Waals surface area (Å²) in [5, 5.41) is 2.93. The molecule has 2 amide bonds. The Balaban J connectivity index is 2.15. The Bertz CT molecular complexity index is 552. The lowest BCUT2D eigenvalue weighted by Crippen LogP contribution is -2.36. The Labute approximate surface area is 132 Å². The number of amides is 2. The molecule has 1 aliphatic heterocycles. The lowest BCUT2D eigenvalue weighted by atomic mass is 9.99. The molecule has 0 bridgehead atoms. The summed E-state index contributed by atoms with van der Waals surface area (Å²) < 4.78 is 0. The van der Waals surface area contributed by atoms with Crippen LogP contribution in [0, 0.1) is 5.92 Å². The van der Waals surface area contributed by atoms with Crippen molar-refractivity contribution in [3.05, 3.63) is 23.8 Å². The van der Waals surface area contributed by atoms with Crippen LogP contribution in [0.3, 0.4) is 0 Å². The number of benzene rings is 1. The van der Waals surface area contributed by atoms with Gasteiger partial charge in [-0.3, -0.25) is 9.59 Å². The van der Waals surface area contributed by atoms with Crippen molar-refractivity contribution < 1.29 is 9.59 Å². The molecule has 1 aromatic carbocycles. The maximum Gasteiger partial charge on any atom is 0.227 e. The molecular weight excluding hydrogens is 276 g/mol. The zero-order valence-electron chi connectivity index (χ0n) is 13.8. The Morgan fingerprint density at radius 1 is 1.32 bits per heavy atom. The number of carbonyl (C=O) groups is 2. The second kappa shape index (κ2) is 7.43. The number of hydrogen-bond donors (Lipinski definition) is 1. The SMILES string of the molecule is CCCC(=O)Nc1ccc2c(c1)CCC(=O)N2CCC(C)C. The van der Waals surface area contributed by atoms with Gasteiger partial charge in [0.25, 0.3) is 0 Å². The lowest BCUT2D eigenvalue weighted by Gasteiger charge is -2.30. The third-order valence-electron chi connectivity index (χ3n) is 3.97. The first-order valence-electron chi connectivity index (χ1n) is 8.24. The van der Waals surface area contributed by atoms with Crippen molar-refractivity contribution >= 4 is 23.2 Å². The Morgan fingerprint density at radius 3 is 2.77 bits per heavy atom. The number of anilines is 2. The molecule has 1 N–H and O–H groups in total. The van der Waals surface area contributed by atoms with Crippen LogP contribution in [0.1, 0.15) is 52.0 Å². The van der Waals surface area contributed by atoms with Gasteiger partial charge in [-0.25, -0.2) is 0 Å². The van der Waals surface area contributed by atoms with Crippen LogP contribution in [0.5, 0.6) is 0 Å². The van der Waals surface area contributed by atoms with Gasteiger partial charge in [-0.2, -0.15) is 0 Å². The summed E-state index contributed by atoms with van der Waals surface area (Å²) in [5.74, 6) is 0.827. The van der Waals surface area contributed by atoms with E-state index < -0.39 is 0 Å². The fourth-order valence-electron chi connectivity index (χ4n) is 2.72. The molecule has 1 heterocycles. The molecule has 0 fully saturated rings. The Morgan fingerprint density at radius 2 is 2.09 bits per heavy atom. The van der Waals surface area contributed by atoms with Gasteiger partial charge in [-0.1, -0.05) is 20.8 Å². The molecule has 0 aliphatic carbocycles. The smallest absolute Gasteiger partial charge is 0.227 e. The number of nitrogens with zero attached hydrogens (tertiary/aromatic N) is 1. The number of hydrogen-bond acceptors (Lipinski definition) is 2. The van der Waals surface area contributed by atoms with Crippen molar-refractivity contribution in [1.29, 1.82) is 0 Å². The molecule has 4 nitrogen and oxygen atoms in total. The highest BCUT2D eigenvalue weighted by molar-refractivity contribution is 5.97. The van der Waals surface area contributed by atoms with E-state index in [1.807, 2.05) is 30.0 Å². The number of carbonyl (C=O) groups excluding carboxylic acids is 2. The molecule has 4 heteroatoms. The monoisotopic (exact) mass is 302 g/mol. The van der Waals surface area contributed by atoms with Crippen LogP contribution in [0.2, 0.25) is 0 Å². The van der Waals surface area contributed by atoms with Crippen LogP contribution < -0.4 is 10.2 Å². The predicted octanol–water partition coefficient (Wildman–Crippen LogP) is 3.75. The van der Waals surface area contributed by atoms with E-state index in [4.69, 9.17) is 0 Å². The van der Waals surface area contributed by atoms with Gasteiger partial charge in [0.2, 0.25) is 11.8 Å². The fraction of sp³-hybridized carbons (Fsp3) is 0.556. The second-order valence-corrected chi connectivity index (χ2v) is 6.37. The molecular formula is C18H26N2O2. The molecule has 22 heavy (non-hydrogen) atoms. The lowest BCUT2D eigenvalue weighted by molar-refractivity contribution is -0.119. The van der Waals surface area contributed by atoms with Crippen molar-refractivity contribution in [2.75, 3.05) is 16.8 Å². The van der Waals surface area contributed by atoms with Gasteiger partial charge in [-0.15, -0.1) is 0 Å². The standard InChI is InChI=1S/C18H26N2O2/c1-4-5-17(21)19-15-7-8-16-14(12-15)6-9-18(22)20(16)11-10-13(2)3/h7-8,12-13H,4-6,9-11H2,1-3H3,(H,19,21). The first-order chi connectivity index (χ1) is 10.5. The van der Waals surface area contributed by atoms with Gasteiger partial charge >= 0.3 is 0 Å². The average Bonchev–Trinajstić information content (AvgIpc) is 2.46. The molecule has 0 saturated carbocycles. The van der Waals surface area contributed by atoms with Gasteiger partial charge in [-0.05, 0) is 48.9 Å². The first kappa shape index (κ1) is 16.5. The second-order valence-electron chi connectivity index (χ2n) is 6.37. The zero-order valence-corrected chi connectivity index (χ0v) is 13.8. The topological polar surface area (TPSA) is 49.4 Å². The van der Waals surface area contributed by atoms with E-state index >= 15 is 0 Å². The van der Waals surface area contributed by atoms with Gasteiger partial charge in [0.15, 0.2) is 0 Å². The van der Waals surface area contributed by atoms with E-state index in [-0.39, 0.29) is 11.8 Å². The molecule has 1 aliphatic rings. The number of aryl methyl sites for hydroxylation is 1. The van der Waals surface area contributed by atoms with E-state index in [0.717, 1.165) is 42.7 Å². The molecule has 2 rings (SSSR count). The van der Waals surface area contributed by atoms with Crippen molar-refractivity contribution in [1.82, 2.24) is 0 Å². The van der Waals surface area contributed by atoms with Crippen molar-refractivity contribution in [3.63, 3.8) is 0 Å². The van der Waals surface area contributed by atoms with Gasteiger partial charge in [0, 0.05) is 30.8 Å². The number of nitrogens with one attached hydrogen (secondary N) is 1. The maximum absolute atomic E-state index is 12.2. The van der Waals surface area contributed by atoms with Gasteiger partial charge in [0.1, 0.15) is 0 Å². The largest absolute Gasteiger partial charge is 0.326 e. The van der Waals surface area contributed by atoms with Crippen molar-refractivity contribution in [3.8, 4) is 0 Å². The molecule has 0 atom stereocenters. The predicted molar refractivity (Wildman–Crippen MR) is 90.1 cm³/mol. The fourth-order valence-corrected chi connectivity index (χ4v) is 2.72. The van der Waals surface area contributed by atoms with Crippen LogP contribution in [0.25, 0.3) is 0 Å². The summed E-state index contributed by atoms with van der Waals surface area (Å²) in [6, 6.07) is 5.87. The average molecular weight is 302 g/mol. The number of rotatable bonds is 6. The summed E-state index contributed by atoms with van der Waals surface area (Å²) in [6.07, 6.45) is 3.69. The third-order valence-corrected chi connectivity index (χ3v) is 3.97. The highest BCUT2D eigenvalue weighted by Crippen LogP contribution is 2.30. The van der Waals surface area contributed by atoms with Crippen LogP contribution in [-0.2, 0) is 16.0 Å². The maximum atomic E-state index is 12.2. The normalized spacial score (nSPS) is 14.2. The summed E-state index contributed by atoms with van der Waals surface area (Å²) in [5.41, 5.74) is 2.98. The van der Waals surface area contributed by atoms with Crippen molar-refractivity contribution in [2.24, 2.45) is 5.92 Å². The van der Waals surface area contributed by atoms with E-state index in [1.165, 1.54) is 0 Å². The summed E-state index contributed by atoms with van der Waals surface area (Å²) >= 11 is 0. The zero-order chi connectivity index (χ0) is 16.1. The van der Waals surface area contributed by atoms with Crippen LogP contribution in [0.4, 0.5) is 11.4 Å². The van der Waals surface area contributed by atoms with Crippen LogP contribution in [0.15, 0.2) is 18.2 Å². The molecule has 120 valence electrons. The summed E-state index contributed by atoms with van der Waals surface area (Å²) in [4.78, 5) is 25.8. The first-order valence-corrected chi connectivity index (χ1v) is 8.24. The molecule has 1 aromatic rings. The highest BCUT2D eigenvalue weighted by atomic mass is 16.2. The minimum Gasteiger partial charge on any atom is -0.326 e. The van der Waals surface area contributed by atoms with E-state index in [9.17, 15) is 9.59 Å². The molecule has 0 radical (unpaired) electrons. The molecule has 0 aromatic heterocycles. The van der Waals surface area contributed by atoms with E-state index in [0.29, 0.717) is 18.8 Å². The van der Waals surface area contributed by atoms with E-state index in [1.54, 1.807) is 0 Å². The summed E-state index contributed by atoms with van der Waals surface area (Å²) in [7, 11) is 0. The molecule has 0 spiro atoms. The van der Waals surface area contributed by atoms with Crippen LogP contribution in [-0.4, -0.2) is 18.4 Å². The van der Waals surface area contributed by atoms with Crippen LogP contribution >= 0.6 is 0 Å². The Kier molecular flexibility index (Phi) is 5.58. The minimum atomic E-state index is 0.0472. The van der Waals surface area contributed by atoms with E-state index in [2.05, 4.69) is 19.2 Å². The summed E-state index contributed by atoms with van der Waals surface area (Å²) in [6.45, 7) is 7.10. The van der Waals surface area contributed by atoms with Gasteiger partial charge in [0.05, 0.1) is 0 Å². The highest BCUT2D eigenvalue weighted by Gasteiger charge is 2.24. The Hall–Kier alpha value is -1.84. The molecule has 0 saturated heterocycles. The van der Waals surface area contributed by atoms with Gasteiger partial charge < -0.3 is 10.2 Å². The minimum absolute atomic E-state index is 0.0472. The quantitative estimate of drug-likeness (QED) is 0.870. The number of fused-ring (bicyclic) bond motifs is 1. The van der Waals surface area contributed by atoms with Crippen molar-refractivity contribution in [2.45, 2.75) is 52.9 Å². The third kappa shape index (κ3) is 4.09. The molecule has 0 unspecified atom stereocenters.